The van der Waals surface area contributed by atoms with Crippen LogP contribution in [-0.4, -0.2) is 15.7 Å². The molecule has 0 amide bonds. The van der Waals surface area contributed by atoms with Gasteiger partial charge in [-0.3, -0.25) is 4.79 Å². The van der Waals surface area contributed by atoms with Gasteiger partial charge in [0.1, 0.15) is 28.2 Å². The molecule has 0 aliphatic carbocycles. The van der Waals surface area contributed by atoms with Crippen LogP contribution in [0, 0.1) is 0 Å². The third-order valence-electron chi connectivity index (χ3n) is 2.85. The van der Waals surface area contributed by atoms with E-state index in [0.29, 0.717) is 5.76 Å². The first-order chi connectivity index (χ1) is 9.15. The summed E-state index contributed by atoms with van der Waals surface area (Å²) in [5.41, 5.74) is 0.561. The highest BCUT2D eigenvalue weighted by atomic mass is 16.3. The first-order valence-electron chi connectivity index (χ1n) is 5.70. The zero-order chi connectivity index (χ0) is 13.4. The van der Waals surface area contributed by atoms with Crippen molar-refractivity contribution in [2.45, 2.75) is 0 Å². The highest BCUT2D eigenvalue weighted by Gasteiger charge is 2.11. The first-order valence-corrected chi connectivity index (χ1v) is 5.70. The molecule has 5 heteroatoms. The molecule has 0 fully saturated rings. The Labute approximate surface area is 113 Å². The third kappa shape index (κ3) is 2.22. The van der Waals surface area contributed by atoms with Crippen molar-refractivity contribution >= 4 is 11.0 Å². The molecule has 0 saturated heterocycles. The Balaban J connectivity index is 0.00000147. The molecule has 20 heavy (non-hydrogen) atoms. The zero-order valence-corrected chi connectivity index (χ0v) is 10.3. The van der Waals surface area contributed by atoms with Crippen LogP contribution in [0.3, 0.4) is 0 Å². The minimum atomic E-state index is -0.349. The predicted molar refractivity (Wildman–Crippen MR) is 74.9 cm³/mol. The smallest absolute Gasteiger partial charge is 0.197 e. The van der Waals surface area contributed by atoms with Gasteiger partial charge in [-0.15, -0.1) is 0 Å². The van der Waals surface area contributed by atoms with Gasteiger partial charge in [0.05, 0.1) is 0 Å². The van der Waals surface area contributed by atoms with E-state index in [0.717, 1.165) is 11.6 Å². The maximum atomic E-state index is 12.0. The number of phenolic OH excluding ortho intramolecular Hbond substituents is 2. The Morgan fingerprint density at radius 2 is 1.65 bits per heavy atom. The van der Waals surface area contributed by atoms with Crippen molar-refractivity contribution in [1.82, 2.24) is 0 Å². The first kappa shape index (κ1) is 13.6. The fourth-order valence-corrected chi connectivity index (χ4v) is 2.00. The van der Waals surface area contributed by atoms with Gasteiger partial charge in [0.2, 0.25) is 0 Å². The second-order valence-corrected chi connectivity index (χ2v) is 4.18. The number of hydrogen-bond acceptors (Lipinski definition) is 4. The summed E-state index contributed by atoms with van der Waals surface area (Å²) in [4.78, 5) is 12.0. The number of benzene rings is 2. The van der Waals surface area contributed by atoms with E-state index in [1.54, 1.807) is 0 Å². The summed E-state index contributed by atoms with van der Waals surface area (Å²) >= 11 is 0. The molecule has 1 aromatic heterocycles. The second-order valence-electron chi connectivity index (χ2n) is 4.18. The molecule has 0 unspecified atom stereocenters. The van der Waals surface area contributed by atoms with Crippen molar-refractivity contribution in [1.29, 1.82) is 0 Å². The summed E-state index contributed by atoms with van der Waals surface area (Å²) in [5.74, 6) is -0.0511. The van der Waals surface area contributed by atoms with E-state index in [9.17, 15) is 15.0 Å². The van der Waals surface area contributed by atoms with Crippen molar-refractivity contribution in [3.05, 3.63) is 58.8 Å². The highest BCUT2D eigenvalue weighted by molar-refractivity contribution is 5.85. The molecule has 5 nitrogen and oxygen atoms in total. The molecule has 0 aliphatic heterocycles. The van der Waals surface area contributed by atoms with Crippen molar-refractivity contribution < 1.29 is 20.1 Å². The van der Waals surface area contributed by atoms with E-state index < -0.39 is 0 Å². The molecule has 2 aromatic carbocycles. The lowest BCUT2D eigenvalue weighted by atomic mass is 10.1. The maximum absolute atomic E-state index is 12.0. The fourth-order valence-electron chi connectivity index (χ4n) is 2.00. The van der Waals surface area contributed by atoms with Crippen molar-refractivity contribution in [3.8, 4) is 22.8 Å². The Bertz CT molecular complexity index is 806. The van der Waals surface area contributed by atoms with Crippen molar-refractivity contribution in [3.63, 3.8) is 0 Å². The van der Waals surface area contributed by atoms with Gasteiger partial charge in [-0.05, 0) is 0 Å². The van der Waals surface area contributed by atoms with Crippen molar-refractivity contribution in [2.24, 2.45) is 0 Å². The Morgan fingerprint density at radius 3 is 2.35 bits per heavy atom. The number of rotatable bonds is 1. The molecule has 3 rings (SSSR count). The van der Waals surface area contributed by atoms with E-state index >= 15 is 0 Å². The van der Waals surface area contributed by atoms with Crippen LogP contribution in [0.4, 0.5) is 0 Å². The van der Waals surface area contributed by atoms with E-state index in [-0.39, 0.29) is 33.4 Å². The van der Waals surface area contributed by atoms with Gasteiger partial charge in [0, 0.05) is 23.8 Å². The third-order valence-corrected chi connectivity index (χ3v) is 2.85. The highest BCUT2D eigenvalue weighted by Crippen LogP contribution is 2.30. The van der Waals surface area contributed by atoms with Crippen LogP contribution in [-0.2, 0) is 0 Å². The normalized spacial score (nSPS) is 10.2. The van der Waals surface area contributed by atoms with Crippen LogP contribution in [0.2, 0.25) is 0 Å². The zero-order valence-electron chi connectivity index (χ0n) is 10.3. The quantitative estimate of drug-likeness (QED) is 0.707. The minimum absolute atomic E-state index is 0. The van der Waals surface area contributed by atoms with Crippen LogP contribution in [0.5, 0.6) is 11.5 Å². The summed E-state index contributed by atoms with van der Waals surface area (Å²) in [6.45, 7) is 0. The molecular formula is C15H12O5. The molecule has 0 radical (unpaired) electrons. The Kier molecular flexibility index (Phi) is 3.45. The monoisotopic (exact) mass is 272 g/mol. The summed E-state index contributed by atoms with van der Waals surface area (Å²) in [6, 6.07) is 12.9. The van der Waals surface area contributed by atoms with E-state index in [1.165, 1.54) is 12.1 Å². The van der Waals surface area contributed by atoms with E-state index in [4.69, 9.17) is 4.42 Å². The van der Waals surface area contributed by atoms with Gasteiger partial charge in [-0.25, -0.2) is 0 Å². The molecule has 0 aliphatic rings. The lowest BCUT2D eigenvalue weighted by molar-refractivity contribution is 0.452. The maximum Gasteiger partial charge on any atom is 0.197 e. The molecule has 102 valence electrons. The molecule has 0 atom stereocenters. The van der Waals surface area contributed by atoms with Crippen LogP contribution < -0.4 is 5.43 Å². The van der Waals surface area contributed by atoms with Gasteiger partial charge in [-0.2, -0.15) is 0 Å². The topological polar surface area (TPSA) is 102 Å². The SMILES string of the molecule is O.O=c1cc(-c2ccccc2)oc2cc(O)cc(O)c12. The number of hydrogen-bond donors (Lipinski definition) is 2. The number of fused-ring (bicyclic) bond motifs is 1. The largest absolute Gasteiger partial charge is 0.508 e. The summed E-state index contributed by atoms with van der Waals surface area (Å²) < 4.78 is 5.57. The van der Waals surface area contributed by atoms with Crippen LogP contribution in [0.25, 0.3) is 22.3 Å². The Hall–Kier alpha value is -2.79. The molecular weight excluding hydrogens is 260 g/mol. The number of aromatic hydroxyl groups is 2. The van der Waals surface area contributed by atoms with Crippen LogP contribution in [0.1, 0.15) is 0 Å². The van der Waals surface area contributed by atoms with Crippen LogP contribution in [0.15, 0.2) is 57.7 Å². The van der Waals surface area contributed by atoms with E-state index in [2.05, 4.69) is 0 Å². The predicted octanol–water partition coefficient (Wildman–Crippen LogP) is 2.05. The van der Waals surface area contributed by atoms with Gasteiger partial charge in [0.25, 0.3) is 0 Å². The molecule has 0 saturated carbocycles. The van der Waals surface area contributed by atoms with Gasteiger partial charge < -0.3 is 20.1 Å². The van der Waals surface area contributed by atoms with Gasteiger partial charge in [-0.1, -0.05) is 30.3 Å². The molecule has 0 bridgehead atoms. The van der Waals surface area contributed by atoms with Crippen LogP contribution >= 0.6 is 0 Å². The fraction of sp³-hybridized carbons (Fsp3) is 0. The average Bonchev–Trinajstić information content (AvgIpc) is 2.38. The summed E-state index contributed by atoms with van der Waals surface area (Å²) in [5, 5.41) is 19.2. The lowest BCUT2D eigenvalue weighted by Crippen LogP contribution is -2.00. The van der Waals surface area contributed by atoms with E-state index in [1.807, 2.05) is 30.3 Å². The number of phenols is 2. The van der Waals surface area contributed by atoms with Gasteiger partial charge >= 0.3 is 0 Å². The molecule has 1 heterocycles. The lowest BCUT2D eigenvalue weighted by Gasteiger charge is -2.04. The summed E-state index contributed by atoms with van der Waals surface area (Å²) in [6.07, 6.45) is 0. The minimum Gasteiger partial charge on any atom is -0.508 e. The molecule has 0 spiro atoms. The Morgan fingerprint density at radius 1 is 0.950 bits per heavy atom. The molecule has 4 N–H and O–H groups in total. The second kappa shape index (κ2) is 5.07. The average molecular weight is 272 g/mol. The molecule has 3 aromatic rings. The van der Waals surface area contributed by atoms with Crippen molar-refractivity contribution in [2.75, 3.05) is 0 Å². The summed E-state index contributed by atoms with van der Waals surface area (Å²) in [7, 11) is 0. The van der Waals surface area contributed by atoms with Gasteiger partial charge in [0.15, 0.2) is 5.43 Å². The standard InChI is InChI=1S/C15H10O4.H2O/c16-10-6-11(17)15-12(18)8-13(19-14(15)7-10)9-4-2-1-3-5-9;/h1-8,16-17H;1H2.